The lowest BCUT2D eigenvalue weighted by molar-refractivity contribution is -0.145. The van der Waals surface area contributed by atoms with Crippen LogP contribution in [-0.2, 0) is 32.0 Å². The smallest absolute Gasteiger partial charge is 0.328 e. The molecule has 0 aliphatic rings. The van der Waals surface area contributed by atoms with E-state index in [0.29, 0.717) is 11.3 Å². The SMILES string of the molecule is COC(=O)[C@@H](Cc1cccc(OC)c1)NC(=O)[C@H](Cc1cccc(F)c1)NC(C)=O. The molecule has 0 spiro atoms. The van der Waals surface area contributed by atoms with Crippen LogP contribution in [0.3, 0.4) is 0 Å². The fourth-order valence-electron chi connectivity index (χ4n) is 3.00. The minimum atomic E-state index is -0.984. The molecule has 0 aromatic heterocycles. The molecular weight excluding hydrogens is 391 g/mol. The normalized spacial score (nSPS) is 12.4. The lowest BCUT2D eigenvalue weighted by Gasteiger charge is -2.22. The predicted octanol–water partition coefficient (Wildman–Crippen LogP) is 1.78. The van der Waals surface area contributed by atoms with E-state index in [9.17, 15) is 18.8 Å². The Morgan fingerprint density at radius 2 is 1.57 bits per heavy atom. The van der Waals surface area contributed by atoms with Crippen LogP contribution < -0.4 is 15.4 Å². The van der Waals surface area contributed by atoms with Crippen LogP contribution >= 0.6 is 0 Å². The molecule has 0 fully saturated rings. The molecule has 0 aliphatic heterocycles. The Labute approximate surface area is 174 Å². The van der Waals surface area contributed by atoms with Crippen LogP contribution in [0.25, 0.3) is 0 Å². The zero-order valence-electron chi connectivity index (χ0n) is 17.1. The fraction of sp³-hybridized carbons (Fsp3) is 0.318. The second-order valence-electron chi connectivity index (χ2n) is 6.73. The van der Waals surface area contributed by atoms with Crippen LogP contribution in [0.1, 0.15) is 18.1 Å². The van der Waals surface area contributed by atoms with E-state index in [0.717, 1.165) is 5.56 Å². The highest BCUT2D eigenvalue weighted by Gasteiger charge is 2.27. The van der Waals surface area contributed by atoms with E-state index in [1.807, 2.05) is 0 Å². The van der Waals surface area contributed by atoms with E-state index in [2.05, 4.69) is 10.6 Å². The predicted molar refractivity (Wildman–Crippen MR) is 108 cm³/mol. The lowest BCUT2D eigenvalue weighted by Crippen LogP contribution is -2.53. The molecule has 0 radical (unpaired) electrons. The largest absolute Gasteiger partial charge is 0.497 e. The van der Waals surface area contributed by atoms with Gasteiger partial charge in [0.1, 0.15) is 23.7 Å². The highest BCUT2D eigenvalue weighted by atomic mass is 19.1. The van der Waals surface area contributed by atoms with E-state index >= 15 is 0 Å². The first kappa shape index (κ1) is 22.9. The zero-order valence-corrected chi connectivity index (χ0v) is 17.1. The van der Waals surface area contributed by atoms with Gasteiger partial charge in [-0.1, -0.05) is 24.3 Å². The number of rotatable bonds is 9. The molecule has 0 heterocycles. The van der Waals surface area contributed by atoms with Crippen LogP contribution in [0, 0.1) is 5.82 Å². The molecule has 0 aliphatic carbocycles. The van der Waals surface area contributed by atoms with Crippen molar-refractivity contribution in [2.75, 3.05) is 14.2 Å². The molecular formula is C22H25FN2O5. The van der Waals surface area contributed by atoms with Crippen LogP contribution in [0.4, 0.5) is 4.39 Å². The number of methoxy groups -OCH3 is 2. The number of ether oxygens (including phenoxy) is 2. The van der Waals surface area contributed by atoms with Gasteiger partial charge in [0, 0.05) is 19.8 Å². The van der Waals surface area contributed by atoms with E-state index in [4.69, 9.17) is 9.47 Å². The van der Waals surface area contributed by atoms with Gasteiger partial charge >= 0.3 is 5.97 Å². The van der Waals surface area contributed by atoms with Crippen LogP contribution in [0.2, 0.25) is 0 Å². The number of amides is 2. The molecule has 2 rings (SSSR count). The van der Waals surface area contributed by atoms with Gasteiger partial charge in [-0.25, -0.2) is 9.18 Å². The van der Waals surface area contributed by atoms with Gasteiger partial charge in [0.25, 0.3) is 0 Å². The van der Waals surface area contributed by atoms with Crippen molar-refractivity contribution in [3.63, 3.8) is 0 Å². The number of carbonyl (C=O) groups is 3. The summed E-state index contributed by atoms with van der Waals surface area (Å²) in [6, 6.07) is 10.9. The molecule has 0 saturated carbocycles. The molecule has 2 atom stereocenters. The summed E-state index contributed by atoms with van der Waals surface area (Å²) < 4.78 is 23.5. The van der Waals surface area contributed by atoms with Crippen molar-refractivity contribution in [3.05, 3.63) is 65.5 Å². The zero-order chi connectivity index (χ0) is 22.1. The maximum atomic E-state index is 13.5. The van der Waals surface area contributed by atoms with E-state index in [1.165, 1.54) is 39.3 Å². The standard InChI is InChI=1S/C22H25FN2O5/c1-14(26)24-19(12-15-6-4-8-17(23)10-15)21(27)25-20(22(28)30-3)13-16-7-5-9-18(11-16)29-2/h4-11,19-20H,12-13H2,1-3H3,(H,24,26)(H,25,27)/t19-,20+/m0/s1. The number of esters is 1. The van der Waals surface area contributed by atoms with Gasteiger partial charge < -0.3 is 20.1 Å². The minimum Gasteiger partial charge on any atom is -0.497 e. The Morgan fingerprint density at radius 1 is 0.933 bits per heavy atom. The molecule has 7 nitrogen and oxygen atoms in total. The summed E-state index contributed by atoms with van der Waals surface area (Å²) in [5.74, 6) is -1.45. The van der Waals surface area contributed by atoms with Gasteiger partial charge in [-0.3, -0.25) is 9.59 Å². The van der Waals surface area contributed by atoms with Crippen molar-refractivity contribution >= 4 is 17.8 Å². The highest BCUT2D eigenvalue weighted by molar-refractivity contribution is 5.90. The Balaban J connectivity index is 2.18. The van der Waals surface area contributed by atoms with Crippen molar-refractivity contribution < 1.29 is 28.2 Å². The summed E-state index contributed by atoms with van der Waals surface area (Å²) in [4.78, 5) is 36.7. The van der Waals surface area contributed by atoms with Crippen LogP contribution in [0.15, 0.2) is 48.5 Å². The van der Waals surface area contributed by atoms with E-state index < -0.39 is 35.7 Å². The number of halogens is 1. The van der Waals surface area contributed by atoms with Gasteiger partial charge in [-0.05, 0) is 35.4 Å². The monoisotopic (exact) mass is 416 g/mol. The molecule has 0 unspecified atom stereocenters. The molecule has 30 heavy (non-hydrogen) atoms. The summed E-state index contributed by atoms with van der Waals surface area (Å²) in [7, 11) is 2.76. The number of hydrogen-bond acceptors (Lipinski definition) is 5. The van der Waals surface area contributed by atoms with Gasteiger partial charge in [-0.15, -0.1) is 0 Å². The van der Waals surface area contributed by atoms with E-state index in [-0.39, 0.29) is 12.8 Å². The number of benzene rings is 2. The molecule has 0 saturated heterocycles. The number of nitrogens with one attached hydrogen (secondary N) is 2. The van der Waals surface area contributed by atoms with Crippen molar-refractivity contribution in [3.8, 4) is 5.75 Å². The lowest BCUT2D eigenvalue weighted by atomic mass is 10.0. The van der Waals surface area contributed by atoms with Crippen LogP contribution in [0.5, 0.6) is 5.75 Å². The third-order valence-corrected chi connectivity index (χ3v) is 4.40. The summed E-state index contributed by atoms with van der Waals surface area (Å²) in [5.41, 5.74) is 1.29. The average molecular weight is 416 g/mol. The quantitative estimate of drug-likeness (QED) is 0.608. The van der Waals surface area contributed by atoms with Crippen molar-refractivity contribution in [1.29, 1.82) is 0 Å². The third-order valence-electron chi connectivity index (χ3n) is 4.40. The van der Waals surface area contributed by atoms with Crippen molar-refractivity contribution in [1.82, 2.24) is 10.6 Å². The number of carbonyl (C=O) groups excluding carboxylic acids is 3. The first-order valence-electron chi connectivity index (χ1n) is 9.35. The minimum absolute atomic E-state index is 0.0657. The summed E-state index contributed by atoms with van der Waals surface area (Å²) >= 11 is 0. The fourth-order valence-corrected chi connectivity index (χ4v) is 3.00. The van der Waals surface area contributed by atoms with Gasteiger partial charge in [0.2, 0.25) is 11.8 Å². The maximum Gasteiger partial charge on any atom is 0.328 e. The molecule has 8 heteroatoms. The highest BCUT2D eigenvalue weighted by Crippen LogP contribution is 2.15. The molecule has 2 amide bonds. The summed E-state index contributed by atoms with van der Waals surface area (Å²) in [6.45, 7) is 1.28. The summed E-state index contributed by atoms with van der Waals surface area (Å²) in [6.07, 6.45) is 0.235. The molecule has 2 N–H and O–H groups in total. The molecule has 2 aromatic rings. The van der Waals surface area contributed by atoms with Gasteiger partial charge in [-0.2, -0.15) is 0 Å². The molecule has 0 bridgehead atoms. The second kappa shape index (κ2) is 10.9. The topological polar surface area (TPSA) is 93.7 Å². The van der Waals surface area contributed by atoms with Crippen molar-refractivity contribution in [2.45, 2.75) is 31.8 Å². The third kappa shape index (κ3) is 6.88. The Morgan fingerprint density at radius 3 is 2.17 bits per heavy atom. The average Bonchev–Trinajstić information content (AvgIpc) is 2.72. The number of hydrogen-bond donors (Lipinski definition) is 2. The van der Waals surface area contributed by atoms with Gasteiger partial charge in [0.15, 0.2) is 0 Å². The second-order valence-corrected chi connectivity index (χ2v) is 6.73. The summed E-state index contributed by atoms with van der Waals surface area (Å²) in [5, 5.41) is 5.18. The molecule has 160 valence electrons. The van der Waals surface area contributed by atoms with Crippen molar-refractivity contribution in [2.24, 2.45) is 0 Å². The maximum absolute atomic E-state index is 13.5. The molecule has 2 aromatic carbocycles. The first-order valence-corrected chi connectivity index (χ1v) is 9.35. The van der Waals surface area contributed by atoms with Gasteiger partial charge in [0.05, 0.1) is 14.2 Å². The van der Waals surface area contributed by atoms with Crippen LogP contribution in [-0.4, -0.2) is 44.1 Å². The Hall–Kier alpha value is -3.42. The Bertz CT molecular complexity index is 903. The Kier molecular flexibility index (Phi) is 8.34. The first-order chi connectivity index (χ1) is 14.3. The van der Waals surface area contributed by atoms with E-state index in [1.54, 1.807) is 30.3 Å².